The lowest BCUT2D eigenvalue weighted by Gasteiger charge is -2.08. The Morgan fingerprint density at radius 2 is 1.90 bits per heavy atom. The average Bonchev–Trinajstić information content (AvgIpc) is 2.79. The molecule has 0 bridgehead atoms. The monoisotopic (exact) mass is 286 g/mol. The summed E-state index contributed by atoms with van der Waals surface area (Å²) in [6.07, 6.45) is 1.65. The van der Waals surface area contributed by atoms with Gasteiger partial charge in [-0.3, -0.25) is 4.90 Å². The molecule has 1 aromatic heterocycles. The minimum Gasteiger partial charge on any atom is -0.339 e. The number of aldehydes is 1. The summed E-state index contributed by atoms with van der Waals surface area (Å²) >= 11 is 0. The number of likely N-dealkylation sites (N-methyl/N-ethyl adjacent to an activating group) is 1. The van der Waals surface area contributed by atoms with Gasteiger partial charge in [-0.2, -0.15) is 4.98 Å². The Morgan fingerprint density at radius 1 is 1.35 bits per heavy atom. The van der Waals surface area contributed by atoms with Gasteiger partial charge in [0.15, 0.2) is 5.82 Å². The molecule has 0 saturated carbocycles. The minimum absolute atomic E-state index is 0.383. The van der Waals surface area contributed by atoms with Crippen molar-refractivity contribution in [2.45, 2.75) is 40.7 Å². The van der Waals surface area contributed by atoms with E-state index in [9.17, 15) is 4.79 Å². The number of nitrogens with zero attached hydrogens (tertiary/aromatic N) is 3. The van der Waals surface area contributed by atoms with Crippen LogP contribution >= 0.6 is 0 Å². The number of hydrogen-bond acceptors (Lipinski definition) is 6. The molecule has 1 rings (SSSR count). The molecule has 6 nitrogen and oxygen atoms in total. The molecule has 1 heterocycles. The van der Waals surface area contributed by atoms with Gasteiger partial charge in [0.2, 0.25) is 5.89 Å². The molecule has 0 aliphatic rings. The summed E-state index contributed by atoms with van der Waals surface area (Å²) in [6.45, 7) is 9.12. The Kier molecular flexibility index (Phi) is 14.9. The summed E-state index contributed by atoms with van der Waals surface area (Å²) in [5.41, 5.74) is 0. The summed E-state index contributed by atoms with van der Waals surface area (Å²) in [5, 5.41) is 6.60. The highest BCUT2D eigenvalue weighted by molar-refractivity contribution is 5.51. The van der Waals surface area contributed by atoms with E-state index in [-0.39, 0.29) is 0 Å². The SMILES string of the molecule is CC.CC(C)Cc1nc(CN(C)CC=O)no1.CNC. The molecule has 1 aromatic rings. The molecule has 118 valence electrons. The normalized spacial score (nSPS) is 9.65. The minimum atomic E-state index is 0.383. The third-order valence-corrected chi connectivity index (χ3v) is 1.89. The van der Waals surface area contributed by atoms with Crippen LogP contribution < -0.4 is 5.32 Å². The van der Waals surface area contributed by atoms with Crippen molar-refractivity contribution in [1.82, 2.24) is 20.4 Å². The zero-order valence-electron chi connectivity index (χ0n) is 13.9. The molecular formula is C14H30N4O2. The Balaban J connectivity index is 0. The lowest BCUT2D eigenvalue weighted by Crippen LogP contribution is -2.20. The maximum atomic E-state index is 10.3. The average molecular weight is 286 g/mol. The fourth-order valence-corrected chi connectivity index (χ4v) is 1.22. The van der Waals surface area contributed by atoms with E-state index in [2.05, 4.69) is 29.3 Å². The van der Waals surface area contributed by atoms with E-state index in [1.165, 1.54) is 0 Å². The predicted octanol–water partition coefficient (Wildman–Crippen LogP) is 1.76. The fourth-order valence-electron chi connectivity index (χ4n) is 1.22. The highest BCUT2D eigenvalue weighted by Crippen LogP contribution is 2.06. The zero-order chi connectivity index (χ0) is 16.0. The fraction of sp³-hybridized carbons (Fsp3) is 0.786. The van der Waals surface area contributed by atoms with E-state index in [0.717, 1.165) is 12.7 Å². The molecule has 0 atom stereocenters. The first-order chi connectivity index (χ1) is 9.53. The van der Waals surface area contributed by atoms with E-state index < -0.39 is 0 Å². The van der Waals surface area contributed by atoms with E-state index >= 15 is 0 Å². The van der Waals surface area contributed by atoms with E-state index in [1.54, 1.807) is 0 Å². The van der Waals surface area contributed by atoms with Crippen LogP contribution in [0.3, 0.4) is 0 Å². The largest absolute Gasteiger partial charge is 0.339 e. The second kappa shape index (κ2) is 14.1. The van der Waals surface area contributed by atoms with E-state index in [0.29, 0.717) is 30.7 Å². The molecule has 0 aromatic carbocycles. The first kappa shape index (κ1) is 21.0. The van der Waals surface area contributed by atoms with Gasteiger partial charge in [-0.25, -0.2) is 0 Å². The van der Waals surface area contributed by atoms with Gasteiger partial charge in [-0.15, -0.1) is 0 Å². The summed E-state index contributed by atoms with van der Waals surface area (Å²) < 4.78 is 5.08. The highest BCUT2D eigenvalue weighted by Gasteiger charge is 2.09. The standard InChI is InChI=1S/C10H17N3O2.C2H7N.C2H6/c1-8(2)6-10-11-9(12-15-10)7-13(3)4-5-14;1-3-2;1-2/h5,8H,4,6-7H2,1-3H3;3H,1-2H3;1-2H3. The van der Waals surface area contributed by atoms with Crippen LogP contribution in [0.25, 0.3) is 0 Å². The van der Waals surface area contributed by atoms with E-state index in [1.807, 2.05) is 39.9 Å². The van der Waals surface area contributed by atoms with Gasteiger partial charge in [0.25, 0.3) is 0 Å². The van der Waals surface area contributed by atoms with Crippen LogP contribution in [-0.4, -0.2) is 49.0 Å². The first-order valence-electron chi connectivity index (χ1n) is 7.05. The lowest BCUT2D eigenvalue weighted by molar-refractivity contribution is -0.108. The second-order valence-corrected chi connectivity index (χ2v) is 4.57. The smallest absolute Gasteiger partial charge is 0.226 e. The Hall–Kier alpha value is -1.27. The zero-order valence-corrected chi connectivity index (χ0v) is 13.9. The first-order valence-corrected chi connectivity index (χ1v) is 7.05. The topological polar surface area (TPSA) is 71.3 Å². The predicted molar refractivity (Wildman–Crippen MR) is 81.6 cm³/mol. The van der Waals surface area contributed by atoms with Crippen LogP contribution in [0.1, 0.15) is 39.4 Å². The summed E-state index contributed by atoms with van der Waals surface area (Å²) in [6, 6.07) is 0. The third kappa shape index (κ3) is 11.8. The van der Waals surface area contributed by atoms with Crippen molar-refractivity contribution in [2.24, 2.45) is 5.92 Å². The molecule has 0 amide bonds. The number of aromatic nitrogens is 2. The molecule has 0 radical (unpaired) electrons. The van der Waals surface area contributed by atoms with Gasteiger partial charge in [0.1, 0.15) is 6.29 Å². The summed E-state index contributed by atoms with van der Waals surface area (Å²) in [7, 11) is 5.59. The molecule has 0 aliphatic heterocycles. The molecule has 0 saturated heterocycles. The highest BCUT2D eigenvalue weighted by atomic mass is 16.5. The number of carbonyl (C=O) groups excluding carboxylic acids is 1. The van der Waals surface area contributed by atoms with Crippen molar-refractivity contribution in [3.63, 3.8) is 0 Å². The van der Waals surface area contributed by atoms with Crippen molar-refractivity contribution in [1.29, 1.82) is 0 Å². The van der Waals surface area contributed by atoms with Crippen molar-refractivity contribution < 1.29 is 9.32 Å². The molecular weight excluding hydrogens is 256 g/mol. The maximum absolute atomic E-state index is 10.3. The number of rotatable bonds is 6. The van der Waals surface area contributed by atoms with Gasteiger partial charge in [-0.1, -0.05) is 32.9 Å². The van der Waals surface area contributed by atoms with Gasteiger partial charge in [0.05, 0.1) is 13.1 Å². The van der Waals surface area contributed by atoms with Gasteiger partial charge >= 0.3 is 0 Å². The van der Waals surface area contributed by atoms with Crippen molar-refractivity contribution in [3.8, 4) is 0 Å². The molecule has 1 N–H and O–H groups in total. The third-order valence-electron chi connectivity index (χ3n) is 1.89. The van der Waals surface area contributed by atoms with E-state index in [4.69, 9.17) is 4.52 Å². The quantitative estimate of drug-likeness (QED) is 0.804. The molecule has 0 aliphatic carbocycles. The summed E-state index contributed by atoms with van der Waals surface area (Å²) in [5.74, 6) is 1.81. The van der Waals surface area contributed by atoms with Crippen LogP contribution in [0.2, 0.25) is 0 Å². The number of hydrogen-bond donors (Lipinski definition) is 1. The van der Waals surface area contributed by atoms with Gasteiger partial charge < -0.3 is 14.6 Å². The molecule has 0 spiro atoms. The van der Waals surface area contributed by atoms with Crippen LogP contribution in [0.4, 0.5) is 0 Å². The Morgan fingerprint density at radius 3 is 2.35 bits per heavy atom. The second-order valence-electron chi connectivity index (χ2n) is 4.57. The lowest BCUT2D eigenvalue weighted by atomic mass is 10.1. The van der Waals surface area contributed by atoms with Crippen LogP contribution in [0.5, 0.6) is 0 Å². The number of carbonyl (C=O) groups is 1. The Labute approximate surface area is 122 Å². The van der Waals surface area contributed by atoms with Crippen molar-refractivity contribution >= 4 is 6.29 Å². The van der Waals surface area contributed by atoms with Crippen molar-refractivity contribution in [3.05, 3.63) is 11.7 Å². The maximum Gasteiger partial charge on any atom is 0.226 e. The molecule has 0 fully saturated rings. The molecule has 0 unspecified atom stereocenters. The van der Waals surface area contributed by atoms with Crippen LogP contribution in [0, 0.1) is 5.92 Å². The Bertz CT molecular complexity index is 327. The summed E-state index contributed by atoms with van der Waals surface area (Å²) in [4.78, 5) is 16.3. The van der Waals surface area contributed by atoms with Gasteiger partial charge in [-0.05, 0) is 27.1 Å². The number of nitrogens with one attached hydrogen (secondary N) is 1. The van der Waals surface area contributed by atoms with Crippen LogP contribution in [0.15, 0.2) is 4.52 Å². The van der Waals surface area contributed by atoms with Crippen molar-refractivity contribution in [2.75, 3.05) is 27.7 Å². The van der Waals surface area contributed by atoms with Gasteiger partial charge in [0, 0.05) is 6.42 Å². The molecule has 6 heteroatoms. The van der Waals surface area contributed by atoms with Crippen LogP contribution in [-0.2, 0) is 17.8 Å². The molecule has 20 heavy (non-hydrogen) atoms.